The standard InChI is InChI=1S/C14H15N3O/c1-9-12(10-4-2-3-5-11(10)17-9)13(16)14(6-15)7-18-8-14/h2-5,13,17H,7-8,16H2,1H3. The van der Waals surface area contributed by atoms with Gasteiger partial charge in [-0.3, -0.25) is 0 Å². The van der Waals surface area contributed by atoms with Crippen LogP contribution >= 0.6 is 0 Å². The highest BCUT2D eigenvalue weighted by Crippen LogP contribution is 2.41. The number of aromatic amines is 1. The number of benzene rings is 1. The van der Waals surface area contributed by atoms with Crippen molar-refractivity contribution in [3.05, 3.63) is 35.5 Å². The van der Waals surface area contributed by atoms with E-state index in [1.165, 1.54) is 0 Å². The summed E-state index contributed by atoms with van der Waals surface area (Å²) in [6.45, 7) is 2.84. The highest BCUT2D eigenvalue weighted by molar-refractivity contribution is 5.85. The molecular formula is C14H15N3O. The Morgan fingerprint density at radius 1 is 1.44 bits per heavy atom. The number of nitrogens with one attached hydrogen (secondary N) is 1. The van der Waals surface area contributed by atoms with Crippen molar-refractivity contribution in [3.63, 3.8) is 0 Å². The molecule has 1 aromatic heterocycles. The van der Waals surface area contributed by atoms with Gasteiger partial charge in [-0.1, -0.05) is 18.2 Å². The first-order chi connectivity index (χ1) is 8.68. The van der Waals surface area contributed by atoms with Gasteiger partial charge in [0.2, 0.25) is 0 Å². The summed E-state index contributed by atoms with van der Waals surface area (Å²) in [6, 6.07) is 10.1. The van der Waals surface area contributed by atoms with Gasteiger partial charge >= 0.3 is 0 Å². The Morgan fingerprint density at radius 2 is 2.17 bits per heavy atom. The van der Waals surface area contributed by atoms with Crippen molar-refractivity contribution in [3.8, 4) is 6.07 Å². The maximum Gasteiger partial charge on any atom is 0.123 e. The molecule has 2 aromatic rings. The van der Waals surface area contributed by atoms with Crippen LogP contribution in [0.15, 0.2) is 24.3 Å². The molecule has 4 nitrogen and oxygen atoms in total. The number of nitrogens with zero attached hydrogens (tertiary/aromatic N) is 1. The molecule has 1 aromatic carbocycles. The molecule has 1 aliphatic rings. The fourth-order valence-electron chi connectivity index (χ4n) is 2.61. The number of ether oxygens (including phenoxy) is 1. The van der Waals surface area contributed by atoms with Gasteiger partial charge in [0.25, 0.3) is 0 Å². The summed E-state index contributed by atoms with van der Waals surface area (Å²) in [6.07, 6.45) is 0. The van der Waals surface area contributed by atoms with E-state index in [1.54, 1.807) is 0 Å². The maximum absolute atomic E-state index is 9.35. The summed E-state index contributed by atoms with van der Waals surface area (Å²) in [5, 5.41) is 10.4. The van der Waals surface area contributed by atoms with E-state index < -0.39 is 5.41 Å². The third-order valence-electron chi connectivity index (χ3n) is 3.79. The fraction of sp³-hybridized carbons (Fsp3) is 0.357. The van der Waals surface area contributed by atoms with Gasteiger partial charge in [-0.15, -0.1) is 0 Å². The molecule has 3 rings (SSSR count). The van der Waals surface area contributed by atoms with Gasteiger partial charge in [-0.05, 0) is 18.6 Å². The second kappa shape index (κ2) is 3.84. The molecule has 2 heterocycles. The Bertz CT molecular complexity index is 634. The highest BCUT2D eigenvalue weighted by Gasteiger charge is 2.46. The van der Waals surface area contributed by atoms with E-state index in [2.05, 4.69) is 11.1 Å². The number of para-hydroxylation sites is 1. The number of fused-ring (bicyclic) bond motifs is 1. The van der Waals surface area contributed by atoms with Crippen LogP contribution in [0, 0.1) is 23.7 Å². The number of hydrogen-bond donors (Lipinski definition) is 2. The van der Waals surface area contributed by atoms with Crippen LogP contribution in [0.1, 0.15) is 17.3 Å². The van der Waals surface area contributed by atoms with Crippen molar-refractivity contribution < 1.29 is 4.74 Å². The lowest BCUT2D eigenvalue weighted by molar-refractivity contribution is -0.0909. The number of hydrogen-bond acceptors (Lipinski definition) is 3. The van der Waals surface area contributed by atoms with Crippen molar-refractivity contribution in [1.29, 1.82) is 5.26 Å². The molecule has 1 atom stereocenters. The predicted octanol–water partition coefficient (Wildman–Crippen LogP) is 2.02. The third-order valence-corrected chi connectivity index (χ3v) is 3.79. The van der Waals surface area contributed by atoms with Crippen LogP contribution in [-0.2, 0) is 4.74 Å². The molecule has 0 spiro atoms. The SMILES string of the molecule is Cc1[nH]c2ccccc2c1C(N)C1(C#N)COC1. The van der Waals surface area contributed by atoms with Crippen LogP contribution in [-0.4, -0.2) is 18.2 Å². The number of aromatic nitrogens is 1. The van der Waals surface area contributed by atoms with Crippen LogP contribution in [0.4, 0.5) is 0 Å². The molecule has 1 fully saturated rings. The minimum atomic E-state index is -0.574. The average Bonchev–Trinajstić information content (AvgIpc) is 2.63. The lowest BCUT2D eigenvalue weighted by Crippen LogP contribution is -2.49. The predicted molar refractivity (Wildman–Crippen MR) is 68.8 cm³/mol. The van der Waals surface area contributed by atoms with Gasteiger partial charge in [0, 0.05) is 16.6 Å². The molecule has 0 amide bonds. The molecule has 1 aliphatic heterocycles. The smallest absolute Gasteiger partial charge is 0.123 e. The molecule has 18 heavy (non-hydrogen) atoms. The van der Waals surface area contributed by atoms with E-state index >= 15 is 0 Å². The van der Waals surface area contributed by atoms with E-state index in [1.807, 2.05) is 31.2 Å². The topological polar surface area (TPSA) is 74.8 Å². The van der Waals surface area contributed by atoms with Crippen LogP contribution in [0.2, 0.25) is 0 Å². The van der Waals surface area contributed by atoms with Gasteiger partial charge in [0.1, 0.15) is 5.41 Å². The van der Waals surface area contributed by atoms with Crippen molar-refractivity contribution in [1.82, 2.24) is 4.98 Å². The zero-order valence-corrected chi connectivity index (χ0v) is 10.2. The summed E-state index contributed by atoms with van der Waals surface area (Å²) >= 11 is 0. The Morgan fingerprint density at radius 3 is 2.78 bits per heavy atom. The summed E-state index contributed by atoms with van der Waals surface area (Å²) in [4.78, 5) is 3.32. The van der Waals surface area contributed by atoms with E-state index in [4.69, 9.17) is 10.5 Å². The van der Waals surface area contributed by atoms with E-state index in [-0.39, 0.29) is 6.04 Å². The van der Waals surface area contributed by atoms with Gasteiger partial charge in [0.15, 0.2) is 0 Å². The zero-order valence-electron chi connectivity index (χ0n) is 10.2. The number of nitrogens with two attached hydrogens (primary N) is 1. The minimum Gasteiger partial charge on any atom is -0.378 e. The molecule has 3 N–H and O–H groups in total. The van der Waals surface area contributed by atoms with E-state index in [0.29, 0.717) is 13.2 Å². The van der Waals surface area contributed by atoms with Crippen LogP contribution < -0.4 is 5.73 Å². The van der Waals surface area contributed by atoms with Gasteiger partial charge in [-0.25, -0.2) is 0 Å². The largest absolute Gasteiger partial charge is 0.378 e. The normalized spacial score (nSPS) is 19.2. The van der Waals surface area contributed by atoms with Crippen molar-refractivity contribution >= 4 is 10.9 Å². The van der Waals surface area contributed by atoms with Crippen molar-refractivity contribution in [2.24, 2.45) is 11.1 Å². The fourth-order valence-corrected chi connectivity index (χ4v) is 2.61. The second-order valence-electron chi connectivity index (χ2n) is 4.95. The van der Waals surface area contributed by atoms with Gasteiger partial charge in [0.05, 0.1) is 25.3 Å². The van der Waals surface area contributed by atoms with Crippen molar-refractivity contribution in [2.75, 3.05) is 13.2 Å². The Balaban J connectivity index is 2.14. The average molecular weight is 241 g/mol. The Kier molecular flexibility index (Phi) is 2.40. The van der Waals surface area contributed by atoms with E-state index in [0.717, 1.165) is 22.2 Å². The Hall–Kier alpha value is -1.83. The molecule has 0 bridgehead atoms. The number of nitriles is 1. The first-order valence-electron chi connectivity index (χ1n) is 6.00. The van der Waals surface area contributed by atoms with Crippen LogP contribution in [0.5, 0.6) is 0 Å². The maximum atomic E-state index is 9.35. The molecule has 4 heteroatoms. The molecule has 0 aliphatic carbocycles. The van der Waals surface area contributed by atoms with Gasteiger partial charge < -0.3 is 15.5 Å². The quantitative estimate of drug-likeness (QED) is 0.844. The summed E-state index contributed by atoms with van der Waals surface area (Å²) < 4.78 is 5.19. The van der Waals surface area contributed by atoms with Gasteiger partial charge in [-0.2, -0.15) is 5.26 Å². The third kappa shape index (κ3) is 1.38. The zero-order chi connectivity index (χ0) is 12.8. The molecule has 92 valence electrons. The summed E-state index contributed by atoms with van der Waals surface area (Å²) in [7, 11) is 0. The van der Waals surface area contributed by atoms with Crippen LogP contribution in [0.25, 0.3) is 10.9 Å². The molecule has 1 saturated heterocycles. The molecule has 0 saturated carbocycles. The minimum absolute atomic E-state index is 0.313. The van der Waals surface area contributed by atoms with Crippen molar-refractivity contribution in [2.45, 2.75) is 13.0 Å². The number of rotatable bonds is 2. The number of aryl methyl sites for hydroxylation is 1. The summed E-state index contributed by atoms with van der Waals surface area (Å²) in [5.41, 5.74) is 8.89. The lowest BCUT2D eigenvalue weighted by atomic mass is 9.76. The second-order valence-corrected chi connectivity index (χ2v) is 4.95. The molecule has 0 radical (unpaired) electrons. The van der Waals surface area contributed by atoms with E-state index in [9.17, 15) is 5.26 Å². The first kappa shape index (κ1) is 11.3. The lowest BCUT2D eigenvalue weighted by Gasteiger charge is -2.40. The molecular weight excluding hydrogens is 226 g/mol. The van der Waals surface area contributed by atoms with Crippen LogP contribution in [0.3, 0.4) is 0 Å². The summed E-state index contributed by atoms with van der Waals surface area (Å²) in [5.74, 6) is 0. The number of H-pyrrole nitrogens is 1. The molecule has 1 unspecified atom stereocenters. The monoisotopic (exact) mass is 241 g/mol. The first-order valence-corrected chi connectivity index (χ1v) is 6.00. The Labute approximate surface area is 105 Å². The highest BCUT2D eigenvalue weighted by atomic mass is 16.5.